The number of aliphatic hydroxyl groups excluding tert-OH is 1. The summed E-state index contributed by atoms with van der Waals surface area (Å²) in [5, 5.41) is 9.69. The zero-order valence-corrected chi connectivity index (χ0v) is 13.7. The van der Waals surface area contributed by atoms with Crippen molar-refractivity contribution in [3.8, 4) is 0 Å². The number of aliphatic hydroxyl groups is 1. The van der Waals surface area contributed by atoms with Crippen molar-refractivity contribution in [3.05, 3.63) is 0 Å². The number of hydrogen-bond donors (Lipinski definition) is 1. The van der Waals surface area contributed by atoms with Gasteiger partial charge in [0.05, 0.1) is 12.0 Å². The van der Waals surface area contributed by atoms with E-state index in [2.05, 4.69) is 20.8 Å². The highest BCUT2D eigenvalue weighted by atomic mass is 16.6. The molecule has 0 aliphatic carbocycles. The molecular formula is C16H32O3. The van der Waals surface area contributed by atoms with Gasteiger partial charge in [0.2, 0.25) is 0 Å². The van der Waals surface area contributed by atoms with E-state index >= 15 is 0 Å². The zero-order chi connectivity index (χ0) is 15.3. The minimum atomic E-state index is -0.458. The minimum absolute atomic E-state index is 0.119. The van der Waals surface area contributed by atoms with Gasteiger partial charge in [-0.2, -0.15) is 0 Å². The predicted octanol–water partition coefficient (Wildman–Crippen LogP) is 3.93. The van der Waals surface area contributed by atoms with Gasteiger partial charge in [-0.1, -0.05) is 34.6 Å². The van der Waals surface area contributed by atoms with Crippen LogP contribution in [0.4, 0.5) is 0 Å². The van der Waals surface area contributed by atoms with Gasteiger partial charge in [-0.05, 0) is 44.9 Å². The molecule has 0 aromatic heterocycles. The molecular weight excluding hydrogens is 240 g/mol. The summed E-state index contributed by atoms with van der Waals surface area (Å²) in [5.74, 6) is -0.376. The Hall–Kier alpha value is -0.570. The molecule has 2 unspecified atom stereocenters. The highest BCUT2D eigenvalue weighted by molar-refractivity contribution is 5.72. The van der Waals surface area contributed by atoms with Gasteiger partial charge in [0.15, 0.2) is 0 Å². The molecule has 0 spiro atoms. The van der Waals surface area contributed by atoms with Crippen LogP contribution in [0.3, 0.4) is 0 Å². The lowest BCUT2D eigenvalue weighted by atomic mass is 9.83. The molecule has 0 heterocycles. The first kappa shape index (κ1) is 18.4. The molecule has 0 amide bonds. The molecule has 0 aromatic carbocycles. The standard InChI is InChI=1S/C16H32O3/c1-8-12(10-13(17)9-2)14(18)19-16(6,7)11-15(3,4)5/h12-13,17H,8-11H2,1-7H3. The van der Waals surface area contributed by atoms with Crippen LogP contribution >= 0.6 is 0 Å². The average molecular weight is 272 g/mol. The Morgan fingerprint density at radius 2 is 1.63 bits per heavy atom. The summed E-state index contributed by atoms with van der Waals surface area (Å²) in [6.07, 6.45) is 2.29. The fourth-order valence-electron chi connectivity index (χ4n) is 2.59. The molecule has 0 saturated carbocycles. The SMILES string of the molecule is CCC(O)CC(CC)C(=O)OC(C)(C)CC(C)(C)C. The molecule has 3 heteroatoms. The molecule has 0 radical (unpaired) electrons. The highest BCUT2D eigenvalue weighted by Crippen LogP contribution is 2.30. The highest BCUT2D eigenvalue weighted by Gasteiger charge is 2.31. The molecule has 2 atom stereocenters. The molecule has 0 saturated heterocycles. The number of hydrogen-bond acceptors (Lipinski definition) is 3. The van der Waals surface area contributed by atoms with Crippen molar-refractivity contribution >= 4 is 5.97 Å². The van der Waals surface area contributed by atoms with Crippen LogP contribution in [-0.4, -0.2) is 22.8 Å². The van der Waals surface area contributed by atoms with Crippen LogP contribution in [0.1, 0.15) is 74.1 Å². The summed E-state index contributed by atoms with van der Waals surface area (Å²) in [5.41, 5.74) is -0.339. The van der Waals surface area contributed by atoms with E-state index in [-0.39, 0.29) is 17.3 Å². The second-order valence-electron chi connectivity index (χ2n) is 7.32. The van der Waals surface area contributed by atoms with Crippen LogP contribution in [0.15, 0.2) is 0 Å². The maximum Gasteiger partial charge on any atom is 0.309 e. The monoisotopic (exact) mass is 272 g/mol. The maximum atomic E-state index is 12.2. The van der Waals surface area contributed by atoms with Crippen LogP contribution < -0.4 is 0 Å². The van der Waals surface area contributed by atoms with Gasteiger partial charge in [-0.25, -0.2) is 0 Å². The van der Waals surface area contributed by atoms with Crippen LogP contribution in [-0.2, 0) is 9.53 Å². The first-order valence-corrected chi connectivity index (χ1v) is 7.41. The Kier molecular flexibility index (Phi) is 7.06. The van der Waals surface area contributed by atoms with E-state index in [0.29, 0.717) is 19.3 Å². The van der Waals surface area contributed by atoms with E-state index in [0.717, 1.165) is 6.42 Å². The van der Waals surface area contributed by atoms with Crippen molar-refractivity contribution in [2.24, 2.45) is 11.3 Å². The summed E-state index contributed by atoms with van der Waals surface area (Å²) < 4.78 is 5.66. The smallest absolute Gasteiger partial charge is 0.309 e. The molecule has 114 valence electrons. The fraction of sp³-hybridized carbons (Fsp3) is 0.938. The lowest BCUT2D eigenvalue weighted by Crippen LogP contribution is -2.35. The van der Waals surface area contributed by atoms with Crippen molar-refractivity contribution in [3.63, 3.8) is 0 Å². The predicted molar refractivity (Wildman–Crippen MR) is 78.9 cm³/mol. The number of ether oxygens (including phenoxy) is 1. The second-order valence-corrected chi connectivity index (χ2v) is 7.32. The lowest BCUT2D eigenvalue weighted by molar-refractivity contribution is -0.165. The third-order valence-corrected chi connectivity index (χ3v) is 3.19. The minimum Gasteiger partial charge on any atom is -0.459 e. The van der Waals surface area contributed by atoms with Crippen LogP contribution in [0.25, 0.3) is 0 Å². The van der Waals surface area contributed by atoms with Crippen molar-refractivity contribution in [1.82, 2.24) is 0 Å². The summed E-state index contributed by atoms with van der Waals surface area (Å²) in [7, 11) is 0. The maximum absolute atomic E-state index is 12.2. The summed E-state index contributed by atoms with van der Waals surface area (Å²) in [6.45, 7) is 14.2. The fourth-order valence-corrected chi connectivity index (χ4v) is 2.59. The molecule has 0 fully saturated rings. The quantitative estimate of drug-likeness (QED) is 0.714. The van der Waals surface area contributed by atoms with Crippen molar-refractivity contribution < 1.29 is 14.6 Å². The van der Waals surface area contributed by atoms with E-state index in [1.54, 1.807) is 0 Å². The largest absolute Gasteiger partial charge is 0.459 e. The van der Waals surface area contributed by atoms with Gasteiger partial charge in [0, 0.05) is 0 Å². The Bertz CT molecular complexity index is 276. The van der Waals surface area contributed by atoms with Crippen LogP contribution in [0.2, 0.25) is 0 Å². The van der Waals surface area contributed by atoms with Gasteiger partial charge in [-0.3, -0.25) is 4.79 Å². The normalized spacial score (nSPS) is 16.0. The molecule has 1 N–H and O–H groups in total. The Morgan fingerprint density at radius 3 is 2.00 bits per heavy atom. The average Bonchev–Trinajstić information content (AvgIpc) is 2.20. The topological polar surface area (TPSA) is 46.5 Å². The van der Waals surface area contributed by atoms with E-state index in [1.165, 1.54) is 0 Å². The number of rotatable bonds is 7. The molecule has 0 aliphatic rings. The molecule has 0 aromatic rings. The van der Waals surface area contributed by atoms with E-state index in [9.17, 15) is 9.90 Å². The molecule has 0 aliphatic heterocycles. The van der Waals surface area contributed by atoms with Crippen molar-refractivity contribution in [2.75, 3.05) is 0 Å². The second kappa shape index (κ2) is 7.28. The summed E-state index contributed by atoms with van der Waals surface area (Å²) in [6, 6.07) is 0. The Labute approximate surface area is 118 Å². The van der Waals surface area contributed by atoms with Gasteiger partial charge in [0.25, 0.3) is 0 Å². The van der Waals surface area contributed by atoms with E-state index in [1.807, 2.05) is 27.7 Å². The summed E-state index contributed by atoms with van der Waals surface area (Å²) in [4.78, 5) is 12.2. The molecule has 0 rings (SSSR count). The van der Waals surface area contributed by atoms with Crippen LogP contribution in [0, 0.1) is 11.3 Å². The Morgan fingerprint density at radius 1 is 1.11 bits per heavy atom. The van der Waals surface area contributed by atoms with Gasteiger partial charge in [0.1, 0.15) is 5.60 Å². The summed E-state index contributed by atoms with van der Waals surface area (Å²) >= 11 is 0. The van der Waals surface area contributed by atoms with Gasteiger partial charge >= 0.3 is 5.97 Å². The number of esters is 1. The van der Waals surface area contributed by atoms with Crippen LogP contribution in [0.5, 0.6) is 0 Å². The lowest BCUT2D eigenvalue weighted by Gasteiger charge is -2.33. The first-order chi connectivity index (χ1) is 8.50. The Balaban J connectivity index is 4.55. The van der Waals surface area contributed by atoms with Gasteiger partial charge in [-0.15, -0.1) is 0 Å². The van der Waals surface area contributed by atoms with E-state index in [4.69, 9.17) is 4.74 Å². The van der Waals surface area contributed by atoms with Crippen molar-refractivity contribution in [1.29, 1.82) is 0 Å². The molecule has 19 heavy (non-hydrogen) atoms. The number of carbonyl (C=O) groups excluding carboxylic acids is 1. The first-order valence-electron chi connectivity index (χ1n) is 7.41. The molecule has 0 bridgehead atoms. The zero-order valence-electron chi connectivity index (χ0n) is 13.7. The van der Waals surface area contributed by atoms with Gasteiger partial charge < -0.3 is 9.84 Å². The van der Waals surface area contributed by atoms with Crippen molar-refractivity contribution in [2.45, 2.75) is 85.9 Å². The molecule has 3 nitrogen and oxygen atoms in total. The van der Waals surface area contributed by atoms with E-state index < -0.39 is 11.7 Å². The number of carbonyl (C=O) groups is 1. The third kappa shape index (κ3) is 8.25. The third-order valence-electron chi connectivity index (χ3n) is 3.19.